The van der Waals surface area contributed by atoms with Gasteiger partial charge in [-0.15, -0.1) is 0 Å². The Labute approximate surface area is 115 Å². The summed E-state index contributed by atoms with van der Waals surface area (Å²) in [4.78, 5) is 14.4. The number of anilines is 1. The average molecular weight is 264 g/mol. The van der Waals surface area contributed by atoms with Crippen molar-refractivity contribution < 1.29 is 4.79 Å². The molecular formula is C14H24N4O. The van der Waals surface area contributed by atoms with Gasteiger partial charge in [0.15, 0.2) is 0 Å². The molecule has 1 aliphatic heterocycles. The number of rotatable bonds is 4. The molecule has 0 saturated carbocycles. The maximum atomic E-state index is 12.1. The Hall–Kier alpha value is -1.36. The molecule has 2 rings (SSSR count). The SMILES string of the molecule is CCn1ncc(C)c1NC(=O)CN1CCCCCC1. The van der Waals surface area contributed by atoms with Gasteiger partial charge in [0.2, 0.25) is 5.91 Å². The molecule has 0 atom stereocenters. The lowest BCUT2D eigenvalue weighted by Gasteiger charge is -2.19. The van der Waals surface area contributed by atoms with Crippen LogP contribution in [0, 0.1) is 6.92 Å². The number of carbonyl (C=O) groups excluding carboxylic acids is 1. The molecule has 1 aromatic heterocycles. The van der Waals surface area contributed by atoms with Gasteiger partial charge in [-0.25, -0.2) is 4.68 Å². The highest BCUT2D eigenvalue weighted by Gasteiger charge is 2.15. The molecular weight excluding hydrogens is 240 g/mol. The molecule has 0 unspecified atom stereocenters. The molecule has 1 fully saturated rings. The van der Waals surface area contributed by atoms with E-state index in [1.165, 1.54) is 25.7 Å². The van der Waals surface area contributed by atoms with Gasteiger partial charge in [0.05, 0.1) is 12.7 Å². The molecule has 1 N–H and O–H groups in total. The van der Waals surface area contributed by atoms with Crippen LogP contribution in [0.4, 0.5) is 5.82 Å². The quantitative estimate of drug-likeness (QED) is 0.905. The second-order valence-corrected chi connectivity index (χ2v) is 5.23. The summed E-state index contributed by atoms with van der Waals surface area (Å²) in [5.41, 5.74) is 1.02. The third-order valence-corrected chi connectivity index (χ3v) is 3.65. The number of carbonyl (C=O) groups is 1. The molecule has 1 aromatic rings. The van der Waals surface area contributed by atoms with Gasteiger partial charge < -0.3 is 5.32 Å². The van der Waals surface area contributed by atoms with Crippen molar-refractivity contribution in [1.82, 2.24) is 14.7 Å². The zero-order valence-corrected chi connectivity index (χ0v) is 12.0. The van der Waals surface area contributed by atoms with Gasteiger partial charge in [-0.1, -0.05) is 12.8 Å². The monoisotopic (exact) mass is 264 g/mol. The molecule has 106 valence electrons. The predicted octanol–water partition coefficient (Wildman–Crippen LogP) is 2.03. The number of hydrogen-bond donors (Lipinski definition) is 1. The van der Waals surface area contributed by atoms with E-state index < -0.39 is 0 Å². The van der Waals surface area contributed by atoms with E-state index in [0.717, 1.165) is 31.0 Å². The normalized spacial score (nSPS) is 17.2. The first-order valence-electron chi connectivity index (χ1n) is 7.25. The van der Waals surface area contributed by atoms with Crippen LogP contribution in [0.5, 0.6) is 0 Å². The minimum Gasteiger partial charge on any atom is -0.310 e. The van der Waals surface area contributed by atoms with Gasteiger partial charge in [0.25, 0.3) is 0 Å². The van der Waals surface area contributed by atoms with Crippen molar-refractivity contribution in [1.29, 1.82) is 0 Å². The molecule has 5 heteroatoms. The molecule has 0 bridgehead atoms. The van der Waals surface area contributed by atoms with Crippen molar-refractivity contribution in [2.24, 2.45) is 0 Å². The summed E-state index contributed by atoms with van der Waals surface area (Å²) in [6.07, 6.45) is 6.79. The lowest BCUT2D eigenvalue weighted by Crippen LogP contribution is -2.34. The van der Waals surface area contributed by atoms with E-state index in [1.807, 2.05) is 18.5 Å². The fourth-order valence-corrected chi connectivity index (χ4v) is 2.55. The number of likely N-dealkylation sites (tertiary alicyclic amines) is 1. The first-order chi connectivity index (χ1) is 9.20. The van der Waals surface area contributed by atoms with Crippen molar-refractivity contribution in [2.75, 3.05) is 25.0 Å². The van der Waals surface area contributed by atoms with E-state index in [-0.39, 0.29) is 5.91 Å². The Morgan fingerprint density at radius 3 is 2.63 bits per heavy atom. The van der Waals surface area contributed by atoms with Crippen LogP contribution < -0.4 is 5.32 Å². The van der Waals surface area contributed by atoms with E-state index in [4.69, 9.17) is 0 Å². The van der Waals surface area contributed by atoms with Gasteiger partial charge in [0.1, 0.15) is 5.82 Å². The van der Waals surface area contributed by atoms with Gasteiger partial charge in [0, 0.05) is 12.1 Å². The Morgan fingerprint density at radius 2 is 2.00 bits per heavy atom. The Bertz CT molecular complexity index is 419. The number of aryl methyl sites for hydroxylation is 2. The maximum absolute atomic E-state index is 12.1. The van der Waals surface area contributed by atoms with Crippen molar-refractivity contribution in [3.05, 3.63) is 11.8 Å². The maximum Gasteiger partial charge on any atom is 0.239 e. The molecule has 1 aliphatic rings. The first-order valence-corrected chi connectivity index (χ1v) is 7.25. The summed E-state index contributed by atoms with van der Waals surface area (Å²) < 4.78 is 1.83. The number of aromatic nitrogens is 2. The topological polar surface area (TPSA) is 50.2 Å². The molecule has 2 heterocycles. The highest BCUT2D eigenvalue weighted by Crippen LogP contribution is 2.14. The summed E-state index contributed by atoms with van der Waals surface area (Å²) in [6.45, 7) is 7.35. The van der Waals surface area contributed by atoms with E-state index >= 15 is 0 Å². The first kappa shape index (κ1) is 14.1. The number of hydrogen-bond acceptors (Lipinski definition) is 3. The average Bonchev–Trinajstić information content (AvgIpc) is 2.60. The smallest absolute Gasteiger partial charge is 0.239 e. The van der Waals surface area contributed by atoms with Crippen LogP contribution in [0.15, 0.2) is 6.20 Å². The van der Waals surface area contributed by atoms with Crippen molar-refractivity contribution in [3.8, 4) is 0 Å². The van der Waals surface area contributed by atoms with Crippen LogP contribution in [0.3, 0.4) is 0 Å². The fourth-order valence-electron chi connectivity index (χ4n) is 2.55. The van der Waals surface area contributed by atoms with Crippen molar-refractivity contribution >= 4 is 11.7 Å². The second-order valence-electron chi connectivity index (χ2n) is 5.23. The third kappa shape index (κ3) is 3.80. The zero-order chi connectivity index (χ0) is 13.7. The fraction of sp³-hybridized carbons (Fsp3) is 0.714. The highest BCUT2D eigenvalue weighted by molar-refractivity contribution is 5.92. The Balaban J connectivity index is 1.91. The number of nitrogens with one attached hydrogen (secondary N) is 1. The zero-order valence-electron chi connectivity index (χ0n) is 12.0. The summed E-state index contributed by atoms with van der Waals surface area (Å²) in [6, 6.07) is 0. The molecule has 0 radical (unpaired) electrons. The molecule has 5 nitrogen and oxygen atoms in total. The van der Waals surface area contributed by atoms with Crippen molar-refractivity contribution in [3.63, 3.8) is 0 Å². The third-order valence-electron chi connectivity index (χ3n) is 3.65. The van der Waals surface area contributed by atoms with Crippen LogP contribution in [-0.2, 0) is 11.3 Å². The molecule has 1 saturated heterocycles. The Kier molecular flexibility index (Phi) is 4.96. The van der Waals surface area contributed by atoms with Crippen LogP contribution in [0.1, 0.15) is 38.2 Å². The van der Waals surface area contributed by atoms with Crippen LogP contribution in [-0.4, -0.2) is 40.2 Å². The van der Waals surface area contributed by atoms with Crippen LogP contribution in [0.2, 0.25) is 0 Å². The second kappa shape index (κ2) is 6.70. The standard InChI is InChI=1S/C14H24N4O/c1-3-18-14(12(2)10-15-18)16-13(19)11-17-8-6-4-5-7-9-17/h10H,3-9,11H2,1-2H3,(H,16,19). The summed E-state index contributed by atoms with van der Waals surface area (Å²) >= 11 is 0. The molecule has 19 heavy (non-hydrogen) atoms. The lowest BCUT2D eigenvalue weighted by atomic mass is 10.2. The molecule has 0 aliphatic carbocycles. The highest BCUT2D eigenvalue weighted by atomic mass is 16.2. The summed E-state index contributed by atoms with van der Waals surface area (Å²) in [7, 11) is 0. The van der Waals surface area contributed by atoms with Gasteiger partial charge in [-0.05, 0) is 39.8 Å². The van der Waals surface area contributed by atoms with Crippen LogP contribution in [0.25, 0.3) is 0 Å². The number of amides is 1. The van der Waals surface area contributed by atoms with E-state index in [1.54, 1.807) is 6.20 Å². The largest absolute Gasteiger partial charge is 0.310 e. The summed E-state index contributed by atoms with van der Waals surface area (Å²) in [5.74, 6) is 0.905. The van der Waals surface area contributed by atoms with E-state index in [0.29, 0.717) is 6.54 Å². The summed E-state index contributed by atoms with van der Waals surface area (Å²) in [5, 5.41) is 7.23. The number of nitrogens with zero attached hydrogens (tertiary/aromatic N) is 3. The van der Waals surface area contributed by atoms with E-state index in [9.17, 15) is 4.79 Å². The molecule has 0 spiro atoms. The Morgan fingerprint density at radius 1 is 1.32 bits per heavy atom. The van der Waals surface area contributed by atoms with Gasteiger partial charge in [-0.3, -0.25) is 9.69 Å². The van der Waals surface area contributed by atoms with Crippen molar-refractivity contribution in [2.45, 2.75) is 46.1 Å². The minimum absolute atomic E-state index is 0.0696. The van der Waals surface area contributed by atoms with E-state index in [2.05, 4.69) is 15.3 Å². The van der Waals surface area contributed by atoms with Gasteiger partial charge in [-0.2, -0.15) is 5.10 Å². The van der Waals surface area contributed by atoms with Gasteiger partial charge >= 0.3 is 0 Å². The minimum atomic E-state index is 0.0696. The molecule has 1 amide bonds. The molecule has 0 aromatic carbocycles. The lowest BCUT2D eigenvalue weighted by molar-refractivity contribution is -0.117. The van der Waals surface area contributed by atoms with Crippen LogP contribution >= 0.6 is 0 Å². The predicted molar refractivity (Wildman–Crippen MR) is 76.2 cm³/mol.